The smallest absolute Gasteiger partial charge is 0.254 e. The molecule has 0 aliphatic carbocycles. The lowest BCUT2D eigenvalue weighted by atomic mass is 10.1. The average Bonchev–Trinajstić information content (AvgIpc) is 2.55. The standard InChI is InChI=1S/C17H22N4O/c1-4-20-7-9-21(10-8-20)17(22)14-5-6-15-16(11-14)19-13(3)12(2)18-15/h5-6,11H,4,7-10H2,1-3H3. The van der Waals surface area contributed by atoms with Crippen LogP contribution in [-0.2, 0) is 0 Å². The molecule has 1 aromatic carbocycles. The minimum absolute atomic E-state index is 0.0951. The van der Waals surface area contributed by atoms with Gasteiger partial charge in [0.25, 0.3) is 5.91 Å². The zero-order chi connectivity index (χ0) is 15.7. The summed E-state index contributed by atoms with van der Waals surface area (Å²) in [7, 11) is 0. The number of piperazine rings is 1. The lowest BCUT2D eigenvalue weighted by Crippen LogP contribution is -2.48. The highest BCUT2D eigenvalue weighted by molar-refractivity contribution is 5.97. The number of rotatable bonds is 2. The fraction of sp³-hybridized carbons (Fsp3) is 0.471. The maximum absolute atomic E-state index is 12.6. The normalized spacial score (nSPS) is 16.2. The van der Waals surface area contributed by atoms with Gasteiger partial charge in [0.15, 0.2) is 0 Å². The Morgan fingerprint density at radius 1 is 1.05 bits per heavy atom. The van der Waals surface area contributed by atoms with Crippen LogP contribution >= 0.6 is 0 Å². The van der Waals surface area contributed by atoms with Crippen molar-refractivity contribution in [3.8, 4) is 0 Å². The van der Waals surface area contributed by atoms with Gasteiger partial charge in [-0.05, 0) is 38.6 Å². The molecule has 0 spiro atoms. The number of hydrogen-bond acceptors (Lipinski definition) is 4. The van der Waals surface area contributed by atoms with E-state index in [1.165, 1.54) is 0 Å². The highest BCUT2D eigenvalue weighted by Crippen LogP contribution is 2.16. The van der Waals surface area contributed by atoms with E-state index in [-0.39, 0.29) is 5.91 Å². The third-order valence-corrected chi connectivity index (χ3v) is 4.43. The highest BCUT2D eigenvalue weighted by Gasteiger charge is 2.21. The molecule has 1 aliphatic rings. The zero-order valence-corrected chi connectivity index (χ0v) is 13.5. The summed E-state index contributed by atoms with van der Waals surface area (Å²) in [4.78, 5) is 26.0. The molecule has 0 bridgehead atoms. The molecule has 1 fully saturated rings. The largest absolute Gasteiger partial charge is 0.336 e. The minimum atomic E-state index is 0.0951. The first-order chi connectivity index (χ1) is 10.6. The van der Waals surface area contributed by atoms with Gasteiger partial charge in [-0.3, -0.25) is 4.79 Å². The Morgan fingerprint density at radius 2 is 1.68 bits per heavy atom. The molecule has 116 valence electrons. The second-order valence-corrected chi connectivity index (χ2v) is 5.82. The number of hydrogen-bond donors (Lipinski definition) is 0. The molecule has 0 radical (unpaired) electrons. The van der Waals surface area contributed by atoms with Gasteiger partial charge in [0.2, 0.25) is 0 Å². The molecule has 1 amide bonds. The number of benzene rings is 1. The fourth-order valence-electron chi connectivity index (χ4n) is 2.81. The second kappa shape index (κ2) is 6.01. The maximum Gasteiger partial charge on any atom is 0.254 e. The van der Waals surface area contributed by atoms with E-state index < -0.39 is 0 Å². The molecule has 5 nitrogen and oxygen atoms in total. The van der Waals surface area contributed by atoms with Crippen LogP contribution in [0.25, 0.3) is 11.0 Å². The molecule has 5 heteroatoms. The minimum Gasteiger partial charge on any atom is -0.336 e. The van der Waals surface area contributed by atoms with Crippen molar-refractivity contribution < 1.29 is 4.79 Å². The first kappa shape index (κ1) is 14.9. The Labute approximate surface area is 131 Å². The van der Waals surface area contributed by atoms with E-state index in [2.05, 4.69) is 21.8 Å². The van der Waals surface area contributed by atoms with Crippen LogP contribution < -0.4 is 0 Å². The quantitative estimate of drug-likeness (QED) is 0.851. The molecule has 1 aliphatic heterocycles. The summed E-state index contributed by atoms with van der Waals surface area (Å²) >= 11 is 0. The summed E-state index contributed by atoms with van der Waals surface area (Å²) in [6.07, 6.45) is 0. The Balaban J connectivity index is 1.84. The molecule has 0 N–H and O–H groups in total. The molecule has 2 aromatic rings. The van der Waals surface area contributed by atoms with Gasteiger partial charge in [-0.15, -0.1) is 0 Å². The van der Waals surface area contributed by atoms with Crippen LogP contribution in [-0.4, -0.2) is 58.4 Å². The van der Waals surface area contributed by atoms with Crippen LogP contribution in [0.3, 0.4) is 0 Å². The second-order valence-electron chi connectivity index (χ2n) is 5.82. The first-order valence-electron chi connectivity index (χ1n) is 7.85. The Bertz CT molecular complexity index is 705. The van der Waals surface area contributed by atoms with Crippen molar-refractivity contribution in [2.45, 2.75) is 20.8 Å². The van der Waals surface area contributed by atoms with Gasteiger partial charge in [-0.1, -0.05) is 6.92 Å². The monoisotopic (exact) mass is 298 g/mol. The fourth-order valence-corrected chi connectivity index (χ4v) is 2.81. The lowest BCUT2D eigenvalue weighted by molar-refractivity contribution is 0.0643. The molecule has 1 saturated heterocycles. The van der Waals surface area contributed by atoms with Gasteiger partial charge in [0.1, 0.15) is 0 Å². The van der Waals surface area contributed by atoms with Crippen molar-refractivity contribution in [3.05, 3.63) is 35.2 Å². The van der Waals surface area contributed by atoms with Crippen LogP contribution in [0.15, 0.2) is 18.2 Å². The average molecular weight is 298 g/mol. The number of aryl methyl sites for hydroxylation is 2. The molecule has 2 heterocycles. The molecule has 0 saturated carbocycles. The van der Waals surface area contributed by atoms with Gasteiger partial charge in [-0.25, -0.2) is 9.97 Å². The Morgan fingerprint density at radius 3 is 2.32 bits per heavy atom. The van der Waals surface area contributed by atoms with Crippen molar-refractivity contribution in [2.24, 2.45) is 0 Å². The van der Waals surface area contributed by atoms with Crippen molar-refractivity contribution in [1.82, 2.24) is 19.8 Å². The summed E-state index contributed by atoms with van der Waals surface area (Å²) in [6, 6.07) is 5.62. The molecular formula is C17H22N4O. The van der Waals surface area contributed by atoms with Crippen LogP contribution in [0.1, 0.15) is 28.7 Å². The van der Waals surface area contributed by atoms with Crippen molar-refractivity contribution in [2.75, 3.05) is 32.7 Å². The third-order valence-electron chi connectivity index (χ3n) is 4.43. The van der Waals surface area contributed by atoms with E-state index in [0.717, 1.165) is 55.1 Å². The zero-order valence-electron chi connectivity index (χ0n) is 13.5. The summed E-state index contributed by atoms with van der Waals surface area (Å²) in [5, 5.41) is 0. The Kier molecular flexibility index (Phi) is 4.07. The lowest BCUT2D eigenvalue weighted by Gasteiger charge is -2.34. The number of carbonyl (C=O) groups is 1. The number of nitrogens with zero attached hydrogens (tertiary/aromatic N) is 4. The van der Waals surface area contributed by atoms with Crippen molar-refractivity contribution in [1.29, 1.82) is 0 Å². The number of carbonyl (C=O) groups excluding carboxylic acids is 1. The SMILES string of the molecule is CCN1CCN(C(=O)c2ccc3nc(C)c(C)nc3c2)CC1. The summed E-state index contributed by atoms with van der Waals surface area (Å²) in [5.74, 6) is 0.0951. The van der Waals surface area contributed by atoms with Gasteiger partial charge in [0, 0.05) is 31.7 Å². The summed E-state index contributed by atoms with van der Waals surface area (Å²) < 4.78 is 0. The van der Waals surface area contributed by atoms with Gasteiger partial charge in [0.05, 0.1) is 22.4 Å². The predicted molar refractivity (Wildman–Crippen MR) is 87.0 cm³/mol. The van der Waals surface area contributed by atoms with Gasteiger partial charge >= 0.3 is 0 Å². The van der Waals surface area contributed by atoms with Crippen molar-refractivity contribution in [3.63, 3.8) is 0 Å². The first-order valence-corrected chi connectivity index (χ1v) is 7.85. The van der Waals surface area contributed by atoms with E-state index in [1.54, 1.807) is 0 Å². The summed E-state index contributed by atoms with van der Waals surface area (Å²) in [6.45, 7) is 10.6. The predicted octanol–water partition coefficient (Wildman–Crippen LogP) is 2.02. The molecule has 3 rings (SSSR count). The molecule has 0 unspecified atom stereocenters. The number of aromatic nitrogens is 2. The van der Waals surface area contributed by atoms with Gasteiger partial charge < -0.3 is 9.80 Å². The van der Waals surface area contributed by atoms with E-state index in [9.17, 15) is 4.79 Å². The number of amides is 1. The van der Waals surface area contributed by atoms with Gasteiger partial charge in [-0.2, -0.15) is 0 Å². The van der Waals surface area contributed by atoms with Crippen LogP contribution in [0.4, 0.5) is 0 Å². The molecular weight excluding hydrogens is 276 g/mol. The third kappa shape index (κ3) is 2.81. The van der Waals surface area contributed by atoms with E-state index >= 15 is 0 Å². The molecule has 22 heavy (non-hydrogen) atoms. The highest BCUT2D eigenvalue weighted by atomic mass is 16.2. The number of fused-ring (bicyclic) bond motifs is 1. The number of likely N-dealkylation sites (N-methyl/N-ethyl adjacent to an activating group) is 1. The maximum atomic E-state index is 12.6. The summed E-state index contributed by atoms with van der Waals surface area (Å²) in [5.41, 5.74) is 4.18. The molecule has 0 atom stereocenters. The van der Waals surface area contributed by atoms with Crippen LogP contribution in [0, 0.1) is 13.8 Å². The van der Waals surface area contributed by atoms with E-state index in [4.69, 9.17) is 0 Å². The Hall–Kier alpha value is -2.01. The topological polar surface area (TPSA) is 49.3 Å². The molecule has 1 aromatic heterocycles. The van der Waals surface area contributed by atoms with Crippen LogP contribution in [0.2, 0.25) is 0 Å². The van der Waals surface area contributed by atoms with E-state index in [1.807, 2.05) is 36.9 Å². The van der Waals surface area contributed by atoms with Crippen LogP contribution in [0.5, 0.6) is 0 Å². The van der Waals surface area contributed by atoms with E-state index in [0.29, 0.717) is 5.56 Å². The van der Waals surface area contributed by atoms with Crippen molar-refractivity contribution >= 4 is 16.9 Å².